The van der Waals surface area contributed by atoms with Crippen LogP contribution < -0.4 is 5.32 Å². The zero-order valence-electron chi connectivity index (χ0n) is 16.3. The molecule has 5 nitrogen and oxygen atoms in total. The lowest BCUT2D eigenvalue weighted by atomic mass is 10.2. The summed E-state index contributed by atoms with van der Waals surface area (Å²) in [7, 11) is 0. The molecule has 0 aromatic heterocycles. The molecule has 0 saturated carbocycles. The number of nitrogens with zero attached hydrogens (tertiary/aromatic N) is 2. The molecule has 0 aliphatic carbocycles. The van der Waals surface area contributed by atoms with E-state index in [1.165, 1.54) is 4.90 Å². The quantitative estimate of drug-likeness (QED) is 0.401. The van der Waals surface area contributed by atoms with Crippen molar-refractivity contribution in [1.29, 1.82) is 0 Å². The van der Waals surface area contributed by atoms with Crippen LogP contribution in [-0.2, 0) is 15.8 Å². The molecule has 1 fully saturated rings. The number of alkyl halides is 3. The normalized spacial score (nSPS) is 17.8. The SMILES string of the molecule is CCN1C(=O)C(CC(=O)Nc2cc(C(F)(F)F)ccc2Cl)SC1=Nc1ccc(Br)cc1Br. The van der Waals surface area contributed by atoms with Crippen LogP contribution in [0.3, 0.4) is 0 Å². The largest absolute Gasteiger partial charge is 0.416 e. The molecule has 1 N–H and O–H groups in total. The second-order valence-corrected chi connectivity index (χ2v) is 9.97. The van der Waals surface area contributed by atoms with Crippen LogP contribution in [0.4, 0.5) is 24.5 Å². The number of hydrogen-bond donors (Lipinski definition) is 1. The van der Waals surface area contributed by atoms with Crippen LogP contribution in [0.25, 0.3) is 0 Å². The fourth-order valence-electron chi connectivity index (χ4n) is 2.86. The molecule has 12 heteroatoms. The average Bonchev–Trinajstić information content (AvgIpc) is 2.99. The Morgan fingerprint density at radius 2 is 1.97 bits per heavy atom. The van der Waals surface area contributed by atoms with Gasteiger partial charge in [0, 0.05) is 21.9 Å². The van der Waals surface area contributed by atoms with Gasteiger partial charge in [-0.25, -0.2) is 4.99 Å². The van der Waals surface area contributed by atoms with Crippen LogP contribution in [0.2, 0.25) is 5.02 Å². The van der Waals surface area contributed by atoms with Crippen molar-refractivity contribution in [3.63, 3.8) is 0 Å². The van der Waals surface area contributed by atoms with Crippen molar-refractivity contribution in [3.8, 4) is 0 Å². The number of anilines is 1. The van der Waals surface area contributed by atoms with Gasteiger partial charge in [0.05, 0.1) is 22.0 Å². The first-order valence-corrected chi connectivity index (χ1v) is 12.0. The smallest absolute Gasteiger partial charge is 0.325 e. The van der Waals surface area contributed by atoms with Gasteiger partial charge in [0.15, 0.2) is 5.17 Å². The van der Waals surface area contributed by atoms with E-state index in [0.29, 0.717) is 17.4 Å². The number of aliphatic imine (C=N–C) groups is 1. The van der Waals surface area contributed by atoms with Gasteiger partial charge in [-0.15, -0.1) is 0 Å². The van der Waals surface area contributed by atoms with E-state index in [2.05, 4.69) is 42.2 Å². The molecule has 0 spiro atoms. The monoisotopic (exact) mass is 611 g/mol. The van der Waals surface area contributed by atoms with Crippen molar-refractivity contribution < 1.29 is 22.8 Å². The molecule has 170 valence electrons. The summed E-state index contributed by atoms with van der Waals surface area (Å²) in [5.41, 5.74) is -0.486. The van der Waals surface area contributed by atoms with Gasteiger partial charge in [0.25, 0.3) is 0 Å². The fourth-order valence-corrected chi connectivity index (χ4v) is 5.37. The summed E-state index contributed by atoms with van der Waals surface area (Å²) in [4.78, 5) is 31.3. The standard InChI is InChI=1S/C20H15Br2ClF3N3O2S/c1-2-29-18(31)16(32-19(29)28-14-6-4-11(21)8-12(14)22)9-17(30)27-15-7-10(20(24,25)26)3-5-13(15)23/h3-8,16H,2,9H2,1H3,(H,27,30). The summed E-state index contributed by atoms with van der Waals surface area (Å²) >= 11 is 13.8. The molecule has 1 saturated heterocycles. The van der Waals surface area contributed by atoms with Crippen molar-refractivity contribution in [2.75, 3.05) is 11.9 Å². The maximum atomic E-state index is 12.9. The lowest BCUT2D eigenvalue weighted by molar-refractivity contribution is -0.137. The predicted octanol–water partition coefficient (Wildman–Crippen LogP) is 6.86. The second-order valence-electron chi connectivity index (χ2n) is 6.62. The molecule has 0 bridgehead atoms. The Kier molecular flexibility index (Phi) is 7.95. The van der Waals surface area contributed by atoms with E-state index in [1.807, 2.05) is 12.1 Å². The van der Waals surface area contributed by atoms with Gasteiger partial charge in [0.2, 0.25) is 11.8 Å². The number of halogens is 6. The highest BCUT2D eigenvalue weighted by molar-refractivity contribution is 9.11. The van der Waals surface area contributed by atoms with Gasteiger partial charge < -0.3 is 5.32 Å². The van der Waals surface area contributed by atoms with Crippen LogP contribution in [0.5, 0.6) is 0 Å². The van der Waals surface area contributed by atoms with E-state index in [-0.39, 0.29) is 23.0 Å². The van der Waals surface area contributed by atoms with Crippen molar-refractivity contribution in [2.24, 2.45) is 4.99 Å². The zero-order chi connectivity index (χ0) is 23.6. The third-order valence-corrected chi connectivity index (χ3v) is 7.03. The molecule has 0 radical (unpaired) electrons. The Morgan fingerprint density at radius 3 is 2.59 bits per heavy atom. The molecule has 32 heavy (non-hydrogen) atoms. The molecule has 2 amide bonds. The molecule has 1 unspecified atom stereocenters. The van der Waals surface area contributed by atoms with Crippen LogP contribution in [0, 0.1) is 0 Å². The molecule has 1 aliphatic rings. The number of carbonyl (C=O) groups excluding carboxylic acids is 2. The summed E-state index contributed by atoms with van der Waals surface area (Å²) in [6.07, 6.45) is -4.82. The number of amides is 2. The molecule has 1 atom stereocenters. The van der Waals surface area contributed by atoms with Gasteiger partial charge >= 0.3 is 6.18 Å². The highest BCUT2D eigenvalue weighted by Gasteiger charge is 2.38. The van der Waals surface area contributed by atoms with Crippen molar-refractivity contribution in [3.05, 3.63) is 55.9 Å². The first kappa shape index (κ1) is 25.1. The number of nitrogens with one attached hydrogen (secondary N) is 1. The van der Waals surface area contributed by atoms with Gasteiger partial charge in [-0.05, 0) is 59.3 Å². The zero-order valence-corrected chi connectivity index (χ0v) is 21.1. The summed E-state index contributed by atoms with van der Waals surface area (Å²) in [5, 5.41) is 2.03. The van der Waals surface area contributed by atoms with Crippen molar-refractivity contribution >= 4 is 83.6 Å². The lowest BCUT2D eigenvalue weighted by Gasteiger charge is -2.14. The van der Waals surface area contributed by atoms with E-state index in [1.54, 1.807) is 13.0 Å². The first-order valence-electron chi connectivity index (χ1n) is 9.18. The van der Waals surface area contributed by atoms with Crippen LogP contribution >= 0.6 is 55.2 Å². The highest BCUT2D eigenvalue weighted by Crippen LogP contribution is 2.36. The number of benzene rings is 2. The second kappa shape index (κ2) is 10.1. The Hall–Kier alpha value is -1.56. The topological polar surface area (TPSA) is 61.8 Å². The lowest BCUT2D eigenvalue weighted by Crippen LogP contribution is -2.33. The number of carbonyl (C=O) groups is 2. The number of hydrogen-bond acceptors (Lipinski definition) is 4. The summed E-state index contributed by atoms with van der Waals surface area (Å²) < 4.78 is 40.4. The number of amidine groups is 1. The van der Waals surface area contributed by atoms with Crippen molar-refractivity contribution in [2.45, 2.75) is 24.8 Å². The molecule has 1 heterocycles. The molecule has 2 aromatic carbocycles. The number of thioether (sulfide) groups is 1. The third kappa shape index (κ3) is 5.86. The third-order valence-electron chi connectivity index (χ3n) is 4.40. The minimum absolute atomic E-state index is 0.0331. The van der Waals surface area contributed by atoms with Crippen molar-refractivity contribution in [1.82, 2.24) is 4.90 Å². The Bertz CT molecular complexity index is 1100. The van der Waals surface area contributed by atoms with E-state index in [9.17, 15) is 22.8 Å². The molecular weight excluding hydrogens is 599 g/mol. The van der Waals surface area contributed by atoms with Gasteiger partial charge in [-0.1, -0.05) is 39.3 Å². The molecule has 3 rings (SSSR count). The maximum Gasteiger partial charge on any atom is 0.416 e. The van der Waals surface area contributed by atoms with Crippen LogP contribution in [0.1, 0.15) is 18.9 Å². The van der Waals surface area contributed by atoms with Gasteiger partial charge in [-0.3, -0.25) is 14.5 Å². The Morgan fingerprint density at radius 1 is 1.25 bits per heavy atom. The Labute approximate surface area is 208 Å². The summed E-state index contributed by atoms with van der Waals surface area (Å²) in [5.74, 6) is -0.922. The minimum Gasteiger partial charge on any atom is -0.325 e. The van der Waals surface area contributed by atoms with E-state index in [4.69, 9.17) is 11.6 Å². The fraction of sp³-hybridized carbons (Fsp3) is 0.250. The Balaban J connectivity index is 1.76. The van der Waals surface area contributed by atoms with E-state index >= 15 is 0 Å². The maximum absolute atomic E-state index is 12.9. The molecular formula is C20H15Br2ClF3N3O2S. The number of rotatable bonds is 5. The predicted molar refractivity (Wildman–Crippen MR) is 127 cm³/mol. The van der Waals surface area contributed by atoms with E-state index < -0.39 is 22.9 Å². The first-order chi connectivity index (χ1) is 15.0. The summed E-state index contributed by atoms with van der Waals surface area (Å²) in [6.45, 7) is 2.14. The van der Waals surface area contributed by atoms with E-state index in [0.717, 1.165) is 38.9 Å². The van der Waals surface area contributed by atoms with Gasteiger partial charge in [0.1, 0.15) is 5.25 Å². The van der Waals surface area contributed by atoms with Gasteiger partial charge in [-0.2, -0.15) is 13.2 Å². The highest BCUT2D eigenvalue weighted by atomic mass is 79.9. The molecule has 1 aliphatic heterocycles. The van der Waals surface area contributed by atoms with Crippen LogP contribution in [-0.4, -0.2) is 33.7 Å². The summed E-state index contributed by atoms with van der Waals surface area (Å²) in [6, 6.07) is 8.06. The van der Waals surface area contributed by atoms with Crippen LogP contribution in [0.15, 0.2) is 50.3 Å². The average molecular weight is 614 g/mol. The molecule has 2 aromatic rings. The minimum atomic E-state index is -4.57.